The van der Waals surface area contributed by atoms with Gasteiger partial charge in [-0.25, -0.2) is 29.3 Å². The molecule has 2 heteroatoms. The van der Waals surface area contributed by atoms with Gasteiger partial charge >= 0.3 is 26.2 Å². The molecule has 2 aliphatic rings. The van der Waals surface area contributed by atoms with E-state index >= 15 is 0 Å². The Kier molecular flexibility index (Phi) is 8.28. The number of hydrogen-bond donors (Lipinski definition) is 0. The Morgan fingerprint density at radius 3 is 1.52 bits per heavy atom. The van der Waals surface area contributed by atoms with Crippen LogP contribution in [0, 0.1) is 12.2 Å². The molecular formula is C23H19NZr. The van der Waals surface area contributed by atoms with Crippen LogP contribution in [0.4, 0.5) is 0 Å². The Labute approximate surface area is 168 Å². The van der Waals surface area contributed by atoms with Crippen molar-refractivity contribution in [3.63, 3.8) is 0 Å². The van der Waals surface area contributed by atoms with E-state index in [1.165, 1.54) is 10.8 Å². The SMILES string of the molecule is [C-]1=CC=CC1.[C-]1=CC=CC1.[Zr+2].c1ccc2nc3ccccc3cc2c1. The van der Waals surface area contributed by atoms with Crippen LogP contribution in [0.1, 0.15) is 12.8 Å². The molecule has 0 amide bonds. The first-order chi connectivity index (χ1) is 11.9. The smallest absolute Gasteiger partial charge is 0.273 e. The predicted molar refractivity (Wildman–Crippen MR) is 102 cm³/mol. The number of benzene rings is 2. The van der Waals surface area contributed by atoms with Crippen molar-refractivity contribution in [1.82, 2.24) is 4.98 Å². The third kappa shape index (κ3) is 6.07. The second kappa shape index (κ2) is 10.7. The number of hydrogen-bond acceptors (Lipinski definition) is 1. The minimum atomic E-state index is 0. The number of rotatable bonds is 0. The average Bonchev–Trinajstić information content (AvgIpc) is 3.38. The third-order valence-electron chi connectivity index (χ3n) is 3.60. The molecule has 0 spiro atoms. The molecule has 1 aromatic heterocycles. The van der Waals surface area contributed by atoms with Crippen molar-refractivity contribution in [2.75, 3.05) is 0 Å². The topological polar surface area (TPSA) is 12.9 Å². The van der Waals surface area contributed by atoms with Crippen LogP contribution < -0.4 is 0 Å². The van der Waals surface area contributed by atoms with Gasteiger partial charge in [-0.2, -0.15) is 12.2 Å². The summed E-state index contributed by atoms with van der Waals surface area (Å²) in [7, 11) is 0. The zero-order chi connectivity index (χ0) is 16.5. The molecule has 0 radical (unpaired) electrons. The number of pyridine rings is 1. The fraction of sp³-hybridized carbons (Fsp3) is 0.0870. The summed E-state index contributed by atoms with van der Waals surface area (Å²) in [6.45, 7) is 0. The minimum absolute atomic E-state index is 0. The summed E-state index contributed by atoms with van der Waals surface area (Å²) in [6, 6.07) is 18.6. The first-order valence-corrected chi connectivity index (χ1v) is 8.11. The number of nitrogens with zero attached hydrogens (tertiary/aromatic N) is 1. The fourth-order valence-corrected chi connectivity index (χ4v) is 2.40. The van der Waals surface area contributed by atoms with Gasteiger partial charge in [0.25, 0.3) is 0 Å². The maximum Gasteiger partial charge on any atom is 2.00 e. The van der Waals surface area contributed by atoms with E-state index in [0.717, 1.165) is 23.9 Å². The van der Waals surface area contributed by atoms with E-state index in [2.05, 4.69) is 47.5 Å². The van der Waals surface area contributed by atoms with Gasteiger partial charge in [0.15, 0.2) is 0 Å². The van der Waals surface area contributed by atoms with E-state index in [0.29, 0.717) is 0 Å². The normalized spacial score (nSPS) is 13.1. The molecule has 0 saturated carbocycles. The summed E-state index contributed by atoms with van der Waals surface area (Å²) in [6.07, 6.45) is 20.0. The molecule has 0 bridgehead atoms. The summed E-state index contributed by atoms with van der Waals surface area (Å²) in [4.78, 5) is 4.58. The number of fused-ring (bicyclic) bond motifs is 2. The summed E-state index contributed by atoms with van der Waals surface area (Å²) in [5, 5.41) is 2.40. The van der Waals surface area contributed by atoms with Crippen molar-refractivity contribution < 1.29 is 26.2 Å². The standard InChI is InChI=1S/C13H9N.2C5H5.Zr/c1-3-7-12-10(5-1)9-11-6-2-4-8-13(11)14-12;2*1-2-4-5-3-1;/h1-9H;2*1-3H,4H2;/q;2*-1;+2. The molecule has 0 N–H and O–H groups in total. The van der Waals surface area contributed by atoms with E-state index in [1.54, 1.807) is 0 Å². The van der Waals surface area contributed by atoms with E-state index in [9.17, 15) is 0 Å². The molecule has 2 aromatic carbocycles. The van der Waals surface area contributed by atoms with Gasteiger partial charge in [0, 0.05) is 10.8 Å². The van der Waals surface area contributed by atoms with Crippen molar-refractivity contribution in [2.24, 2.45) is 0 Å². The van der Waals surface area contributed by atoms with E-state index in [1.807, 2.05) is 60.7 Å². The Hall–Kier alpha value is -2.05. The molecule has 0 unspecified atom stereocenters. The van der Waals surface area contributed by atoms with E-state index < -0.39 is 0 Å². The van der Waals surface area contributed by atoms with Crippen molar-refractivity contribution in [3.05, 3.63) is 103 Å². The maximum absolute atomic E-state index is 4.58. The number of para-hydroxylation sites is 2. The molecule has 0 aliphatic heterocycles. The molecule has 3 aromatic rings. The molecule has 0 saturated heterocycles. The second-order valence-electron chi connectivity index (χ2n) is 5.38. The molecule has 5 rings (SSSR count). The van der Waals surface area contributed by atoms with Crippen molar-refractivity contribution in [2.45, 2.75) is 12.8 Å². The summed E-state index contributed by atoms with van der Waals surface area (Å²) >= 11 is 0. The Morgan fingerprint density at radius 2 is 1.16 bits per heavy atom. The minimum Gasteiger partial charge on any atom is -0.273 e. The molecule has 1 nitrogen and oxygen atoms in total. The summed E-state index contributed by atoms with van der Waals surface area (Å²) < 4.78 is 0. The number of allylic oxidation sites excluding steroid dienone is 8. The van der Waals surface area contributed by atoms with Crippen LogP contribution in [-0.4, -0.2) is 4.98 Å². The Balaban J connectivity index is 0.000000169. The molecule has 2 aliphatic carbocycles. The molecule has 120 valence electrons. The molecular weight excluding hydrogens is 381 g/mol. The Bertz CT molecular complexity index is 772. The Morgan fingerprint density at radius 1 is 0.680 bits per heavy atom. The molecule has 0 fully saturated rings. The van der Waals surface area contributed by atoms with Gasteiger partial charge in [0.05, 0.1) is 11.0 Å². The molecule has 1 heterocycles. The van der Waals surface area contributed by atoms with Crippen LogP contribution in [0.15, 0.2) is 91.1 Å². The van der Waals surface area contributed by atoms with E-state index in [4.69, 9.17) is 0 Å². The third-order valence-corrected chi connectivity index (χ3v) is 3.60. The molecule has 25 heavy (non-hydrogen) atoms. The first-order valence-electron chi connectivity index (χ1n) is 8.11. The van der Waals surface area contributed by atoms with Crippen molar-refractivity contribution in [3.8, 4) is 0 Å². The monoisotopic (exact) mass is 399 g/mol. The van der Waals surface area contributed by atoms with Gasteiger partial charge in [-0.3, -0.25) is 12.2 Å². The maximum atomic E-state index is 4.58. The van der Waals surface area contributed by atoms with E-state index in [-0.39, 0.29) is 26.2 Å². The average molecular weight is 401 g/mol. The predicted octanol–water partition coefficient (Wildman–Crippen LogP) is 6.00. The van der Waals surface area contributed by atoms with Crippen LogP contribution in [0.25, 0.3) is 21.8 Å². The van der Waals surface area contributed by atoms with Gasteiger partial charge in [-0.1, -0.05) is 36.4 Å². The van der Waals surface area contributed by atoms with Crippen LogP contribution in [0.2, 0.25) is 0 Å². The number of aromatic nitrogens is 1. The summed E-state index contributed by atoms with van der Waals surface area (Å²) in [5.74, 6) is 0. The van der Waals surface area contributed by atoms with Gasteiger partial charge in [-0.15, -0.1) is 12.8 Å². The van der Waals surface area contributed by atoms with Crippen LogP contribution in [0.5, 0.6) is 0 Å². The van der Waals surface area contributed by atoms with Crippen LogP contribution in [0.3, 0.4) is 0 Å². The van der Waals surface area contributed by atoms with Crippen molar-refractivity contribution in [1.29, 1.82) is 0 Å². The summed E-state index contributed by atoms with van der Waals surface area (Å²) in [5.41, 5.74) is 2.12. The zero-order valence-electron chi connectivity index (χ0n) is 14.0. The first kappa shape index (κ1) is 19.3. The fourth-order valence-electron chi connectivity index (χ4n) is 2.40. The van der Waals surface area contributed by atoms with Gasteiger partial charge < -0.3 is 0 Å². The van der Waals surface area contributed by atoms with Gasteiger partial charge in [0.1, 0.15) is 0 Å². The van der Waals surface area contributed by atoms with Gasteiger partial charge in [0.2, 0.25) is 0 Å². The van der Waals surface area contributed by atoms with Crippen LogP contribution >= 0.6 is 0 Å². The van der Waals surface area contributed by atoms with Crippen LogP contribution in [-0.2, 0) is 26.2 Å². The van der Waals surface area contributed by atoms with Crippen molar-refractivity contribution >= 4 is 21.8 Å². The largest absolute Gasteiger partial charge is 2.00 e. The van der Waals surface area contributed by atoms with Gasteiger partial charge in [-0.05, 0) is 18.2 Å². The zero-order valence-corrected chi connectivity index (χ0v) is 16.5. The second-order valence-corrected chi connectivity index (χ2v) is 5.38. The quantitative estimate of drug-likeness (QED) is 0.333. The molecule has 0 atom stereocenters.